The summed E-state index contributed by atoms with van der Waals surface area (Å²) in [5, 5.41) is 12.8. The van der Waals surface area contributed by atoms with Gasteiger partial charge in [0.25, 0.3) is 0 Å². The lowest BCUT2D eigenvalue weighted by Crippen LogP contribution is -2.26. The van der Waals surface area contributed by atoms with Gasteiger partial charge in [0.2, 0.25) is 0 Å². The molecular weight excluding hydrogens is 231 g/mol. The van der Waals surface area contributed by atoms with E-state index in [1.54, 1.807) is 0 Å². The SMILES string of the molecule is Oc1ccc(C(F)(F)F)cc1C1CCNCC1. The Labute approximate surface area is 97.5 Å². The highest BCUT2D eigenvalue weighted by Crippen LogP contribution is 2.37. The van der Waals surface area contributed by atoms with Crippen molar-refractivity contribution in [1.29, 1.82) is 0 Å². The lowest BCUT2D eigenvalue weighted by atomic mass is 9.88. The maximum Gasteiger partial charge on any atom is 0.416 e. The van der Waals surface area contributed by atoms with Crippen molar-refractivity contribution in [2.75, 3.05) is 13.1 Å². The van der Waals surface area contributed by atoms with Crippen molar-refractivity contribution in [2.24, 2.45) is 0 Å². The summed E-state index contributed by atoms with van der Waals surface area (Å²) < 4.78 is 37.7. The predicted molar refractivity (Wildman–Crippen MR) is 58.0 cm³/mol. The van der Waals surface area contributed by atoms with Crippen LogP contribution in [0.1, 0.15) is 29.9 Å². The Morgan fingerprint density at radius 3 is 2.41 bits per heavy atom. The van der Waals surface area contributed by atoms with Crippen LogP contribution in [0, 0.1) is 0 Å². The first-order valence-corrected chi connectivity index (χ1v) is 5.59. The van der Waals surface area contributed by atoms with Crippen LogP contribution in [0.5, 0.6) is 5.75 Å². The van der Waals surface area contributed by atoms with Crippen LogP contribution in [0.25, 0.3) is 0 Å². The summed E-state index contributed by atoms with van der Waals surface area (Å²) >= 11 is 0. The third kappa shape index (κ3) is 2.72. The number of hydrogen-bond acceptors (Lipinski definition) is 2. The standard InChI is InChI=1S/C12H14F3NO/c13-12(14,15)9-1-2-11(17)10(7-9)8-3-5-16-6-4-8/h1-2,7-8,16-17H,3-6H2. The Kier molecular flexibility index (Phi) is 3.28. The largest absolute Gasteiger partial charge is 0.508 e. The normalized spacial score (nSPS) is 18.3. The molecule has 0 spiro atoms. The van der Waals surface area contributed by atoms with Crippen molar-refractivity contribution >= 4 is 0 Å². The number of alkyl halides is 3. The topological polar surface area (TPSA) is 32.3 Å². The lowest BCUT2D eigenvalue weighted by Gasteiger charge is -2.24. The van der Waals surface area contributed by atoms with Crippen molar-refractivity contribution in [3.8, 4) is 5.75 Å². The molecule has 0 radical (unpaired) electrons. The molecule has 17 heavy (non-hydrogen) atoms. The van der Waals surface area contributed by atoms with Gasteiger partial charge in [-0.15, -0.1) is 0 Å². The third-order valence-electron chi connectivity index (χ3n) is 3.13. The number of phenolic OH excluding ortho intramolecular Hbond substituents is 1. The van der Waals surface area contributed by atoms with Gasteiger partial charge in [-0.3, -0.25) is 0 Å². The van der Waals surface area contributed by atoms with Crippen molar-refractivity contribution in [1.82, 2.24) is 5.32 Å². The molecule has 94 valence electrons. The Morgan fingerprint density at radius 1 is 1.18 bits per heavy atom. The molecule has 1 heterocycles. The monoisotopic (exact) mass is 245 g/mol. The van der Waals surface area contributed by atoms with Crippen molar-refractivity contribution < 1.29 is 18.3 Å². The molecule has 1 fully saturated rings. The second kappa shape index (κ2) is 4.56. The van der Waals surface area contributed by atoms with E-state index in [0.717, 1.165) is 44.1 Å². The average molecular weight is 245 g/mol. The number of aromatic hydroxyl groups is 1. The van der Waals surface area contributed by atoms with Gasteiger partial charge < -0.3 is 10.4 Å². The molecule has 1 saturated heterocycles. The highest BCUT2D eigenvalue weighted by atomic mass is 19.4. The first-order valence-electron chi connectivity index (χ1n) is 5.59. The Hall–Kier alpha value is -1.23. The Morgan fingerprint density at radius 2 is 1.82 bits per heavy atom. The lowest BCUT2D eigenvalue weighted by molar-refractivity contribution is -0.137. The summed E-state index contributed by atoms with van der Waals surface area (Å²) in [6.07, 6.45) is -2.83. The molecule has 2 N–H and O–H groups in total. The van der Waals surface area contributed by atoms with Crippen LogP contribution < -0.4 is 5.32 Å². The highest BCUT2D eigenvalue weighted by Gasteiger charge is 2.32. The summed E-state index contributed by atoms with van der Waals surface area (Å²) in [4.78, 5) is 0. The number of hydrogen-bond donors (Lipinski definition) is 2. The second-order valence-corrected chi connectivity index (χ2v) is 4.30. The molecule has 0 bridgehead atoms. The zero-order valence-corrected chi connectivity index (χ0v) is 9.22. The zero-order valence-electron chi connectivity index (χ0n) is 9.22. The van der Waals surface area contributed by atoms with Crippen LogP contribution in [0.15, 0.2) is 18.2 Å². The van der Waals surface area contributed by atoms with Gasteiger partial charge in [0.05, 0.1) is 5.56 Å². The summed E-state index contributed by atoms with van der Waals surface area (Å²) in [5.74, 6) is -0.0246. The molecule has 0 unspecified atom stereocenters. The van der Waals surface area contributed by atoms with Crippen molar-refractivity contribution in [2.45, 2.75) is 24.9 Å². The van der Waals surface area contributed by atoms with E-state index in [9.17, 15) is 18.3 Å². The van der Waals surface area contributed by atoms with E-state index in [4.69, 9.17) is 0 Å². The fourth-order valence-electron chi connectivity index (χ4n) is 2.19. The number of benzene rings is 1. The first kappa shape index (κ1) is 12.2. The van der Waals surface area contributed by atoms with Crippen molar-refractivity contribution in [3.63, 3.8) is 0 Å². The maximum absolute atomic E-state index is 12.6. The minimum absolute atomic E-state index is 0.0125. The maximum atomic E-state index is 12.6. The molecule has 0 saturated carbocycles. The number of rotatable bonds is 1. The van der Waals surface area contributed by atoms with Crippen molar-refractivity contribution in [3.05, 3.63) is 29.3 Å². The van der Waals surface area contributed by atoms with E-state index in [0.29, 0.717) is 5.56 Å². The van der Waals surface area contributed by atoms with Gasteiger partial charge in [-0.1, -0.05) is 0 Å². The molecule has 0 atom stereocenters. The zero-order chi connectivity index (χ0) is 12.5. The molecular formula is C12H14F3NO. The van der Waals surface area contributed by atoms with E-state index in [1.807, 2.05) is 0 Å². The molecule has 1 aromatic rings. The molecule has 1 aromatic carbocycles. The minimum atomic E-state index is -4.35. The quantitative estimate of drug-likeness (QED) is 0.797. The number of nitrogens with one attached hydrogen (secondary N) is 1. The van der Waals surface area contributed by atoms with Gasteiger partial charge in [-0.2, -0.15) is 13.2 Å². The number of piperidine rings is 1. The van der Waals surface area contributed by atoms with Crippen LogP contribution in [-0.4, -0.2) is 18.2 Å². The van der Waals surface area contributed by atoms with E-state index in [1.165, 1.54) is 0 Å². The summed E-state index contributed by atoms with van der Waals surface area (Å²) in [6.45, 7) is 1.56. The number of halogens is 3. The van der Waals surface area contributed by atoms with Crippen LogP contribution in [-0.2, 0) is 6.18 Å². The summed E-state index contributed by atoms with van der Waals surface area (Å²) in [6, 6.07) is 3.13. The second-order valence-electron chi connectivity index (χ2n) is 4.30. The van der Waals surface area contributed by atoms with E-state index < -0.39 is 11.7 Å². The molecule has 1 aliphatic rings. The van der Waals surface area contributed by atoms with Gasteiger partial charge in [-0.05, 0) is 55.6 Å². The van der Waals surface area contributed by atoms with Crippen LogP contribution in [0.3, 0.4) is 0 Å². The van der Waals surface area contributed by atoms with Gasteiger partial charge in [0, 0.05) is 0 Å². The molecule has 2 nitrogen and oxygen atoms in total. The van der Waals surface area contributed by atoms with Gasteiger partial charge in [0.1, 0.15) is 5.75 Å². The molecule has 0 aliphatic carbocycles. The first-order chi connectivity index (χ1) is 7.98. The minimum Gasteiger partial charge on any atom is -0.508 e. The summed E-state index contributed by atoms with van der Waals surface area (Å²) in [7, 11) is 0. The van der Waals surface area contributed by atoms with Crippen LogP contribution >= 0.6 is 0 Å². The fraction of sp³-hybridized carbons (Fsp3) is 0.500. The van der Waals surface area contributed by atoms with E-state index >= 15 is 0 Å². The molecule has 1 aliphatic heterocycles. The molecule has 2 rings (SSSR count). The van der Waals surface area contributed by atoms with E-state index in [2.05, 4.69) is 5.32 Å². The van der Waals surface area contributed by atoms with Gasteiger partial charge >= 0.3 is 6.18 Å². The molecule has 0 aromatic heterocycles. The Balaban J connectivity index is 2.31. The third-order valence-corrected chi connectivity index (χ3v) is 3.13. The average Bonchev–Trinajstić information content (AvgIpc) is 2.29. The van der Waals surface area contributed by atoms with E-state index in [-0.39, 0.29) is 11.7 Å². The van der Waals surface area contributed by atoms with Gasteiger partial charge in [0.15, 0.2) is 0 Å². The van der Waals surface area contributed by atoms with Crippen LogP contribution in [0.4, 0.5) is 13.2 Å². The predicted octanol–water partition coefficient (Wildman–Crippen LogP) is 2.88. The number of phenols is 1. The van der Waals surface area contributed by atoms with Crippen LogP contribution in [0.2, 0.25) is 0 Å². The fourth-order valence-corrected chi connectivity index (χ4v) is 2.19. The summed E-state index contributed by atoms with van der Waals surface area (Å²) in [5.41, 5.74) is -0.273. The molecule has 5 heteroatoms. The highest BCUT2D eigenvalue weighted by molar-refractivity contribution is 5.40. The Bertz CT molecular complexity index is 397. The van der Waals surface area contributed by atoms with Gasteiger partial charge in [-0.25, -0.2) is 0 Å². The smallest absolute Gasteiger partial charge is 0.416 e. The molecule has 0 amide bonds.